The third kappa shape index (κ3) is 4.09. The van der Waals surface area contributed by atoms with E-state index in [1.54, 1.807) is 18.2 Å². The number of aromatic nitrogens is 1. The molecule has 1 aliphatic carbocycles. The molecule has 1 aromatic heterocycles. The van der Waals surface area contributed by atoms with Crippen LogP contribution in [0.15, 0.2) is 23.6 Å². The molecule has 0 bridgehead atoms. The van der Waals surface area contributed by atoms with Crippen molar-refractivity contribution in [2.75, 3.05) is 19.2 Å². The van der Waals surface area contributed by atoms with Crippen LogP contribution in [-0.4, -0.2) is 53.6 Å². The quantitative estimate of drug-likeness (QED) is 0.462. The maximum Gasteiger partial charge on any atom is 0.357 e. The molecule has 172 valence electrons. The number of benzene rings is 1. The number of ether oxygens (including phenoxy) is 3. The molecule has 33 heavy (non-hydrogen) atoms. The zero-order valence-electron chi connectivity index (χ0n) is 17.5. The molecule has 2 atom stereocenters. The number of amides is 4. The number of hydrogen-bond donors (Lipinski definition) is 2. The number of hydrogen-bond acceptors (Lipinski definition) is 9. The van der Waals surface area contributed by atoms with Crippen molar-refractivity contribution >= 4 is 40.3 Å². The van der Waals surface area contributed by atoms with E-state index >= 15 is 0 Å². The maximum absolute atomic E-state index is 13.3. The number of rotatable bonds is 7. The summed E-state index contributed by atoms with van der Waals surface area (Å²) in [5, 5.41) is 6.94. The molecule has 2 N–H and O–H groups in total. The van der Waals surface area contributed by atoms with Crippen LogP contribution in [0.4, 0.5) is 9.93 Å². The van der Waals surface area contributed by atoms with Crippen LogP contribution in [0, 0.1) is 5.92 Å². The van der Waals surface area contributed by atoms with E-state index in [0.717, 1.165) is 29.1 Å². The number of fused-ring (bicyclic) bond motifs is 1. The second-order valence-corrected chi connectivity index (χ2v) is 8.78. The predicted molar refractivity (Wildman–Crippen MR) is 114 cm³/mol. The smallest absolute Gasteiger partial charge is 0.357 e. The van der Waals surface area contributed by atoms with Gasteiger partial charge in [-0.25, -0.2) is 19.5 Å². The van der Waals surface area contributed by atoms with Crippen LogP contribution in [0.2, 0.25) is 0 Å². The molecule has 2 aromatic rings. The van der Waals surface area contributed by atoms with Crippen LogP contribution in [0.5, 0.6) is 11.5 Å². The Bertz CT molecular complexity index is 1150. The Hall–Kier alpha value is -3.67. The molecule has 2 aliphatic heterocycles. The lowest BCUT2D eigenvalue weighted by atomic mass is 10.0. The zero-order valence-corrected chi connectivity index (χ0v) is 18.3. The first kappa shape index (κ1) is 21.2. The van der Waals surface area contributed by atoms with E-state index in [1.165, 1.54) is 12.5 Å². The first-order valence-corrected chi connectivity index (χ1v) is 11.2. The Morgan fingerprint density at radius 1 is 1.30 bits per heavy atom. The summed E-state index contributed by atoms with van der Waals surface area (Å²) in [6, 6.07) is 2.42. The van der Waals surface area contributed by atoms with Gasteiger partial charge in [-0.15, -0.1) is 11.3 Å². The Kier molecular flexibility index (Phi) is 5.36. The highest BCUT2D eigenvalue weighted by molar-refractivity contribution is 7.14. The Labute approximate surface area is 192 Å². The van der Waals surface area contributed by atoms with Gasteiger partial charge in [0.15, 0.2) is 22.3 Å². The van der Waals surface area contributed by atoms with E-state index < -0.39 is 35.9 Å². The Morgan fingerprint density at radius 2 is 2.09 bits per heavy atom. The van der Waals surface area contributed by atoms with Gasteiger partial charge in [-0.05, 0) is 30.0 Å². The number of anilines is 1. The first-order chi connectivity index (χ1) is 15.9. The normalized spacial score (nSPS) is 19.9. The number of imide groups is 1. The number of nitrogens with zero attached hydrogens (tertiary/aromatic N) is 2. The summed E-state index contributed by atoms with van der Waals surface area (Å²) in [6.45, 7) is 0.0912. The lowest BCUT2D eigenvalue weighted by Crippen LogP contribution is -2.48. The minimum Gasteiger partial charge on any atom is -0.464 e. The fourth-order valence-electron chi connectivity index (χ4n) is 3.82. The van der Waals surface area contributed by atoms with Gasteiger partial charge in [-0.3, -0.25) is 9.59 Å². The number of carbonyl (C=O) groups is 4. The van der Waals surface area contributed by atoms with Gasteiger partial charge in [-0.1, -0.05) is 18.9 Å². The van der Waals surface area contributed by atoms with Gasteiger partial charge in [-0.2, -0.15) is 0 Å². The molecular formula is C21H20N4O7S. The molecule has 0 spiro atoms. The largest absolute Gasteiger partial charge is 0.464 e. The van der Waals surface area contributed by atoms with Crippen LogP contribution in [0.3, 0.4) is 0 Å². The summed E-state index contributed by atoms with van der Waals surface area (Å²) in [7, 11) is 1.24. The van der Waals surface area contributed by atoms with Crippen molar-refractivity contribution in [3.8, 4) is 11.5 Å². The second kappa shape index (κ2) is 8.35. The van der Waals surface area contributed by atoms with Crippen molar-refractivity contribution < 1.29 is 33.4 Å². The van der Waals surface area contributed by atoms with Crippen molar-refractivity contribution in [1.29, 1.82) is 0 Å². The molecule has 1 saturated carbocycles. The summed E-state index contributed by atoms with van der Waals surface area (Å²) in [5.41, 5.74) is 0.600. The summed E-state index contributed by atoms with van der Waals surface area (Å²) in [6.07, 6.45) is 2.22. The summed E-state index contributed by atoms with van der Waals surface area (Å²) >= 11 is 1.05. The highest BCUT2D eigenvalue weighted by Crippen LogP contribution is 2.38. The average Bonchev–Trinajstić information content (AvgIpc) is 3.18. The maximum atomic E-state index is 13.3. The van der Waals surface area contributed by atoms with Gasteiger partial charge in [0.05, 0.1) is 7.11 Å². The lowest BCUT2D eigenvalue weighted by molar-refractivity contribution is -0.134. The minimum atomic E-state index is -1.01. The van der Waals surface area contributed by atoms with Crippen LogP contribution in [-0.2, 0) is 14.3 Å². The Balaban J connectivity index is 1.36. The van der Waals surface area contributed by atoms with Crippen molar-refractivity contribution in [2.45, 2.75) is 31.3 Å². The molecule has 0 radical (unpaired) electrons. The molecular weight excluding hydrogens is 452 g/mol. The molecule has 11 nitrogen and oxygen atoms in total. The summed E-state index contributed by atoms with van der Waals surface area (Å²) in [5.74, 6) is -0.370. The number of thiazole rings is 1. The van der Waals surface area contributed by atoms with Crippen LogP contribution >= 0.6 is 11.3 Å². The third-order valence-electron chi connectivity index (χ3n) is 5.70. The van der Waals surface area contributed by atoms with E-state index in [1.807, 2.05) is 0 Å². The number of urea groups is 1. The number of carbonyl (C=O) groups excluding carboxylic acids is 4. The molecule has 4 amide bonds. The van der Waals surface area contributed by atoms with Gasteiger partial charge < -0.3 is 24.8 Å². The third-order valence-corrected chi connectivity index (χ3v) is 6.46. The lowest BCUT2D eigenvalue weighted by Gasteiger charge is -2.24. The van der Waals surface area contributed by atoms with E-state index in [0.29, 0.717) is 23.5 Å². The Morgan fingerprint density at radius 3 is 2.85 bits per heavy atom. The molecule has 3 aliphatic rings. The van der Waals surface area contributed by atoms with Crippen LogP contribution in [0.25, 0.3) is 0 Å². The number of nitrogens with one attached hydrogen (secondary N) is 2. The first-order valence-electron chi connectivity index (χ1n) is 10.3. The zero-order chi connectivity index (χ0) is 23.1. The molecule has 3 heterocycles. The molecule has 5 rings (SSSR count). The van der Waals surface area contributed by atoms with Crippen molar-refractivity contribution in [3.63, 3.8) is 0 Å². The fourth-order valence-corrected chi connectivity index (χ4v) is 4.51. The van der Waals surface area contributed by atoms with E-state index in [-0.39, 0.29) is 23.5 Å². The number of esters is 1. The van der Waals surface area contributed by atoms with Crippen molar-refractivity contribution in [1.82, 2.24) is 15.2 Å². The van der Waals surface area contributed by atoms with Crippen LogP contribution in [0.1, 0.15) is 41.4 Å². The molecule has 1 aromatic carbocycles. The molecule has 2 unspecified atom stereocenters. The van der Waals surface area contributed by atoms with Crippen molar-refractivity contribution in [2.24, 2.45) is 5.92 Å². The van der Waals surface area contributed by atoms with Gasteiger partial charge in [0.2, 0.25) is 12.7 Å². The van der Waals surface area contributed by atoms with E-state index in [9.17, 15) is 19.2 Å². The minimum absolute atomic E-state index is 0.0643. The number of methoxy groups -OCH3 is 1. The van der Waals surface area contributed by atoms with Gasteiger partial charge in [0.1, 0.15) is 12.1 Å². The van der Waals surface area contributed by atoms with E-state index in [4.69, 9.17) is 9.47 Å². The van der Waals surface area contributed by atoms with Gasteiger partial charge >= 0.3 is 12.0 Å². The molecule has 12 heteroatoms. The summed E-state index contributed by atoms with van der Waals surface area (Å²) < 4.78 is 15.3. The van der Waals surface area contributed by atoms with Crippen molar-refractivity contribution in [3.05, 3.63) is 34.8 Å². The SMILES string of the molecule is COC(=O)c1csc(NC(=O)C(CC2CC2)N2C(=O)NC(c3ccc4c(c3)OCO4)C2=O)n1. The van der Waals surface area contributed by atoms with Crippen LogP contribution < -0.4 is 20.1 Å². The standard InChI is InChI=1S/C21H20N4O7S/c1-30-19(28)12-8-33-20(22-12)24-17(26)13(6-10-2-3-10)25-18(27)16(23-21(25)29)11-4-5-14-15(7-11)32-9-31-14/h4-5,7-8,10,13,16H,2-3,6,9H2,1H3,(H,23,29)(H,22,24,26). The highest BCUT2D eigenvalue weighted by atomic mass is 32.1. The topological polar surface area (TPSA) is 136 Å². The fraction of sp³-hybridized carbons (Fsp3) is 0.381. The second-order valence-electron chi connectivity index (χ2n) is 7.92. The van der Waals surface area contributed by atoms with Gasteiger partial charge in [0.25, 0.3) is 5.91 Å². The van der Waals surface area contributed by atoms with Gasteiger partial charge in [0, 0.05) is 5.38 Å². The monoisotopic (exact) mass is 472 g/mol. The molecule has 2 fully saturated rings. The van der Waals surface area contributed by atoms with E-state index in [2.05, 4.69) is 20.4 Å². The molecule has 1 saturated heterocycles. The highest BCUT2D eigenvalue weighted by Gasteiger charge is 2.47. The average molecular weight is 472 g/mol. The summed E-state index contributed by atoms with van der Waals surface area (Å²) in [4.78, 5) is 55.9. The predicted octanol–water partition coefficient (Wildman–Crippen LogP) is 2.06.